The first-order chi connectivity index (χ1) is 9.04. The number of amidine groups is 1. The van der Waals surface area contributed by atoms with Crippen LogP contribution < -0.4 is 11.1 Å². The molecule has 1 amide bonds. The molecule has 2 rings (SSSR count). The van der Waals surface area contributed by atoms with Gasteiger partial charge in [0, 0.05) is 5.92 Å². The van der Waals surface area contributed by atoms with Crippen molar-refractivity contribution in [2.45, 2.75) is 19.8 Å². The number of rotatable bonds is 4. The van der Waals surface area contributed by atoms with Crippen molar-refractivity contribution in [2.24, 2.45) is 22.7 Å². The van der Waals surface area contributed by atoms with Crippen molar-refractivity contribution in [2.75, 3.05) is 5.32 Å². The van der Waals surface area contributed by atoms with Crippen molar-refractivity contribution >= 4 is 17.4 Å². The summed E-state index contributed by atoms with van der Waals surface area (Å²) in [6.45, 7) is 1.84. The second kappa shape index (κ2) is 5.26. The molecule has 0 radical (unpaired) electrons. The van der Waals surface area contributed by atoms with Crippen LogP contribution in [0.4, 0.5) is 10.1 Å². The molecule has 0 heterocycles. The summed E-state index contributed by atoms with van der Waals surface area (Å²) >= 11 is 0. The van der Waals surface area contributed by atoms with Gasteiger partial charge in [-0.2, -0.15) is 0 Å². The summed E-state index contributed by atoms with van der Waals surface area (Å²) in [5.74, 6) is -0.913. The van der Waals surface area contributed by atoms with E-state index in [9.17, 15) is 9.18 Å². The van der Waals surface area contributed by atoms with Crippen LogP contribution in [0, 0.1) is 17.7 Å². The number of halogens is 1. The highest BCUT2D eigenvalue weighted by Crippen LogP contribution is 2.37. The molecule has 1 aliphatic carbocycles. The number of nitrogens with zero attached hydrogens (tertiary/aromatic N) is 1. The van der Waals surface area contributed by atoms with Gasteiger partial charge in [0.15, 0.2) is 5.84 Å². The highest BCUT2D eigenvalue weighted by Gasteiger charge is 2.33. The third kappa shape index (κ3) is 2.83. The van der Waals surface area contributed by atoms with Gasteiger partial charge in [-0.05, 0) is 30.9 Å². The van der Waals surface area contributed by atoms with E-state index >= 15 is 0 Å². The van der Waals surface area contributed by atoms with Gasteiger partial charge in [-0.25, -0.2) is 4.39 Å². The van der Waals surface area contributed by atoms with Gasteiger partial charge in [0.05, 0.1) is 11.3 Å². The molecule has 5 nitrogen and oxygen atoms in total. The number of nitrogens with one attached hydrogen (secondary N) is 1. The highest BCUT2D eigenvalue weighted by atomic mass is 19.1. The molecule has 0 aromatic heterocycles. The molecule has 0 aliphatic heterocycles. The Bertz CT molecular complexity index is 527. The molecule has 1 fully saturated rings. The van der Waals surface area contributed by atoms with Crippen LogP contribution in [-0.2, 0) is 4.79 Å². The maximum absolute atomic E-state index is 13.7. The largest absolute Gasteiger partial charge is 0.409 e. The minimum atomic E-state index is -0.646. The monoisotopic (exact) mass is 265 g/mol. The van der Waals surface area contributed by atoms with Gasteiger partial charge >= 0.3 is 0 Å². The second-order valence-corrected chi connectivity index (χ2v) is 4.76. The Morgan fingerprint density at radius 1 is 1.58 bits per heavy atom. The van der Waals surface area contributed by atoms with Gasteiger partial charge in [0.2, 0.25) is 5.91 Å². The summed E-state index contributed by atoms with van der Waals surface area (Å²) in [5, 5.41) is 14.1. The van der Waals surface area contributed by atoms with Gasteiger partial charge in [-0.1, -0.05) is 18.1 Å². The van der Waals surface area contributed by atoms with E-state index in [1.165, 1.54) is 18.2 Å². The molecule has 1 saturated carbocycles. The predicted octanol–water partition coefficient (Wildman–Crippen LogP) is 1.90. The molecular formula is C13H16FN3O2. The average Bonchev–Trinajstić information content (AvgIpc) is 3.21. The lowest BCUT2D eigenvalue weighted by Crippen LogP contribution is -2.25. The Labute approximate surface area is 110 Å². The van der Waals surface area contributed by atoms with Crippen molar-refractivity contribution in [3.05, 3.63) is 29.6 Å². The van der Waals surface area contributed by atoms with E-state index in [0.29, 0.717) is 5.92 Å². The molecule has 1 aromatic rings. The van der Waals surface area contributed by atoms with Crippen molar-refractivity contribution in [3.8, 4) is 0 Å². The number of anilines is 1. The number of hydrogen-bond acceptors (Lipinski definition) is 3. The lowest BCUT2D eigenvalue weighted by molar-refractivity contribution is -0.119. The Kier molecular flexibility index (Phi) is 3.69. The van der Waals surface area contributed by atoms with Crippen LogP contribution in [-0.4, -0.2) is 17.0 Å². The molecule has 0 saturated heterocycles. The van der Waals surface area contributed by atoms with Crippen LogP contribution in [0.25, 0.3) is 0 Å². The van der Waals surface area contributed by atoms with Crippen LogP contribution in [0.3, 0.4) is 0 Å². The van der Waals surface area contributed by atoms with Crippen molar-refractivity contribution in [1.29, 1.82) is 0 Å². The van der Waals surface area contributed by atoms with Gasteiger partial charge in [0.1, 0.15) is 5.82 Å². The molecule has 0 spiro atoms. The van der Waals surface area contributed by atoms with E-state index in [1.54, 1.807) is 0 Å². The zero-order chi connectivity index (χ0) is 14.0. The number of amides is 1. The zero-order valence-corrected chi connectivity index (χ0v) is 10.6. The Balaban J connectivity index is 2.24. The molecular weight excluding hydrogens is 249 g/mol. The third-order valence-electron chi connectivity index (χ3n) is 3.38. The molecule has 102 valence electrons. The maximum Gasteiger partial charge on any atom is 0.227 e. The van der Waals surface area contributed by atoms with Crippen LogP contribution in [0.15, 0.2) is 23.4 Å². The van der Waals surface area contributed by atoms with Gasteiger partial charge in [0.25, 0.3) is 0 Å². The lowest BCUT2D eigenvalue weighted by Gasteiger charge is -2.14. The number of carbonyl (C=O) groups excluding carboxylic acids is 1. The summed E-state index contributed by atoms with van der Waals surface area (Å²) < 4.78 is 13.7. The van der Waals surface area contributed by atoms with Crippen LogP contribution in [0.5, 0.6) is 0 Å². The van der Waals surface area contributed by atoms with E-state index in [0.717, 1.165) is 12.8 Å². The molecule has 1 atom stereocenters. The molecule has 1 aliphatic rings. The maximum atomic E-state index is 13.7. The summed E-state index contributed by atoms with van der Waals surface area (Å²) in [5.41, 5.74) is 5.55. The SMILES string of the molecule is CC(C(=O)Nc1cccc(F)c1/C(N)=N/O)C1CC1. The molecule has 6 heteroatoms. The first-order valence-electron chi connectivity index (χ1n) is 6.12. The molecule has 1 unspecified atom stereocenters. The van der Waals surface area contributed by atoms with Crippen LogP contribution in [0.2, 0.25) is 0 Å². The number of hydrogen-bond donors (Lipinski definition) is 3. The van der Waals surface area contributed by atoms with Crippen molar-refractivity contribution in [3.63, 3.8) is 0 Å². The Morgan fingerprint density at radius 3 is 2.84 bits per heavy atom. The second-order valence-electron chi connectivity index (χ2n) is 4.76. The third-order valence-corrected chi connectivity index (χ3v) is 3.38. The minimum absolute atomic E-state index is 0.0960. The summed E-state index contributed by atoms with van der Waals surface area (Å²) in [6, 6.07) is 4.17. The van der Waals surface area contributed by atoms with E-state index in [1.807, 2.05) is 6.92 Å². The van der Waals surface area contributed by atoms with Crippen LogP contribution >= 0.6 is 0 Å². The van der Waals surface area contributed by atoms with Gasteiger partial charge in [-0.3, -0.25) is 4.79 Å². The van der Waals surface area contributed by atoms with E-state index in [4.69, 9.17) is 10.9 Å². The summed E-state index contributed by atoms with van der Waals surface area (Å²) in [4.78, 5) is 12.0. The fraction of sp³-hybridized carbons (Fsp3) is 0.385. The van der Waals surface area contributed by atoms with Gasteiger partial charge in [-0.15, -0.1) is 0 Å². The molecule has 4 N–H and O–H groups in total. The molecule has 1 aromatic carbocycles. The lowest BCUT2D eigenvalue weighted by atomic mass is 10.0. The average molecular weight is 265 g/mol. The smallest absolute Gasteiger partial charge is 0.227 e. The van der Waals surface area contributed by atoms with E-state index in [-0.39, 0.29) is 28.9 Å². The van der Waals surface area contributed by atoms with E-state index in [2.05, 4.69) is 10.5 Å². The van der Waals surface area contributed by atoms with Crippen molar-refractivity contribution < 1.29 is 14.4 Å². The fourth-order valence-electron chi connectivity index (χ4n) is 2.00. The van der Waals surface area contributed by atoms with Crippen LogP contribution in [0.1, 0.15) is 25.3 Å². The minimum Gasteiger partial charge on any atom is -0.409 e. The normalized spacial score (nSPS) is 17.1. The zero-order valence-electron chi connectivity index (χ0n) is 10.6. The first-order valence-corrected chi connectivity index (χ1v) is 6.12. The summed E-state index contributed by atoms with van der Waals surface area (Å²) in [6.07, 6.45) is 2.09. The van der Waals surface area contributed by atoms with E-state index < -0.39 is 5.82 Å². The Hall–Kier alpha value is -2.11. The molecule has 0 bridgehead atoms. The number of carbonyl (C=O) groups is 1. The van der Waals surface area contributed by atoms with Crippen molar-refractivity contribution in [1.82, 2.24) is 0 Å². The quantitative estimate of drug-likeness (QED) is 0.336. The molecule has 19 heavy (non-hydrogen) atoms. The first kappa shape index (κ1) is 13.3. The topological polar surface area (TPSA) is 87.7 Å². The Morgan fingerprint density at radius 2 is 2.26 bits per heavy atom. The number of oxime groups is 1. The highest BCUT2D eigenvalue weighted by molar-refractivity contribution is 6.06. The predicted molar refractivity (Wildman–Crippen MR) is 69.4 cm³/mol. The summed E-state index contributed by atoms with van der Waals surface area (Å²) in [7, 11) is 0. The number of benzene rings is 1. The van der Waals surface area contributed by atoms with Gasteiger partial charge < -0.3 is 16.3 Å². The number of nitrogens with two attached hydrogens (primary N) is 1. The fourth-order valence-corrected chi connectivity index (χ4v) is 2.00. The standard InChI is InChI=1S/C13H16FN3O2/c1-7(8-5-6-8)13(18)16-10-4-2-3-9(14)11(10)12(15)17-19/h2-4,7-8,19H,5-6H2,1H3,(H2,15,17)(H,16,18).